The molecule has 0 heterocycles. The van der Waals surface area contributed by atoms with Crippen LogP contribution in [0.2, 0.25) is 0 Å². The van der Waals surface area contributed by atoms with Gasteiger partial charge in [-0.1, -0.05) is 6.92 Å². The van der Waals surface area contributed by atoms with Gasteiger partial charge in [0.25, 0.3) is 0 Å². The molecule has 0 aromatic heterocycles. The maximum atomic E-state index is 11.7. The average Bonchev–Trinajstić information content (AvgIpc) is 2.17. The number of carbonyl (C=O) groups is 1. The van der Waals surface area contributed by atoms with Crippen LogP contribution in [0.25, 0.3) is 0 Å². The molecule has 0 rings (SSSR count). The van der Waals surface area contributed by atoms with Crippen molar-refractivity contribution in [2.24, 2.45) is 0 Å². The third-order valence-electron chi connectivity index (χ3n) is 2.30. The summed E-state index contributed by atoms with van der Waals surface area (Å²) in [7, 11) is 1.64. The Kier molecular flexibility index (Phi) is 7.01. The molecule has 4 heteroatoms. The molecule has 14 heavy (non-hydrogen) atoms. The van der Waals surface area contributed by atoms with Crippen LogP contribution in [0, 0.1) is 0 Å². The molecule has 0 aromatic rings. The van der Waals surface area contributed by atoms with Gasteiger partial charge in [-0.3, -0.25) is 4.79 Å². The van der Waals surface area contributed by atoms with E-state index in [-0.39, 0.29) is 17.2 Å². The van der Waals surface area contributed by atoms with Gasteiger partial charge >= 0.3 is 0 Å². The first-order chi connectivity index (χ1) is 6.54. The van der Waals surface area contributed by atoms with Gasteiger partial charge in [0.2, 0.25) is 5.91 Å². The molecule has 0 aliphatic heterocycles. The lowest BCUT2D eigenvalue weighted by atomic mass is 10.2. The molecule has 0 fully saturated rings. The minimum Gasteiger partial charge on any atom is -0.383 e. The van der Waals surface area contributed by atoms with Crippen LogP contribution in [0.5, 0.6) is 0 Å². The van der Waals surface area contributed by atoms with Gasteiger partial charge in [0, 0.05) is 19.7 Å². The molecule has 0 aromatic carbocycles. The zero-order valence-corrected chi connectivity index (χ0v) is 10.4. The van der Waals surface area contributed by atoms with Crippen LogP contribution in [0.15, 0.2) is 0 Å². The maximum absolute atomic E-state index is 11.7. The van der Waals surface area contributed by atoms with Crippen LogP contribution in [0.1, 0.15) is 27.2 Å². The van der Waals surface area contributed by atoms with E-state index in [1.54, 1.807) is 14.0 Å². The number of thiol groups is 1. The predicted molar refractivity (Wildman–Crippen MR) is 61.8 cm³/mol. The second kappa shape index (κ2) is 7.12. The fraction of sp³-hybridized carbons (Fsp3) is 0.900. The molecule has 0 saturated carbocycles. The topological polar surface area (TPSA) is 29.5 Å². The first kappa shape index (κ1) is 13.8. The minimum absolute atomic E-state index is 0.0831. The molecule has 0 N–H and O–H groups in total. The van der Waals surface area contributed by atoms with Crippen molar-refractivity contribution in [1.82, 2.24) is 4.90 Å². The molecule has 1 amide bonds. The lowest BCUT2D eigenvalue weighted by Crippen LogP contribution is -2.43. The predicted octanol–water partition coefficient (Wildman–Crippen LogP) is 1.58. The molecule has 2 unspecified atom stereocenters. The van der Waals surface area contributed by atoms with Crippen molar-refractivity contribution in [3.8, 4) is 0 Å². The summed E-state index contributed by atoms with van der Waals surface area (Å²) in [6.45, 7) is 7.14. The SMILES string of the molecule is CCC(C)N(CCOC)C(=O)C(C)S. The van der Waals surface area contributed by atoms with Crippen molar-refractivity contribution < 1.29 is 9.53 Å². The smallest absolute Gasteiger partial charge is 0.235 e. The van der Waals surface area contributed by atoms with Crippen molar-refractivity contribution in [3.63, 3.8) is 0 Å². The molecule has 0 radical (unpaired) electrons. The summed E-state index contributed by atoms with van der Waals surface area (Å²) in [6.07, 6.45) is 0.954. The Morgan fingerprint density at radius 3 is 2.43 bits per heavy atom. The lowest BCUT2D eigenvalue weighted by Gasteiger charge is -2.29. The van der Waals surface area contributed by atoms with Crippen molar-refractivity contribution in [3.05, 3.63) is 0 Å². The summed E-state index contributed by atoms with van der Waals surface area (Å²) in [5.74, 6) is 0.0831. The van der Waals surface area contributed by atoms with Crippen molar-refractivity contribution in [2.75, 3.05) is 20.3 Å². The number of nitrogens with zero attached hydrogens (tertiary/aromatic N) is 1. The highest BCUT2D eigenvalue weighted by atomic mass is 32.1. The van der Waals surface area contributed by atoms with Crippen LogP contribution in [-0.2, 0) is 9.53 Å². The van der Waals surface area contributed by atoms with E-state index in [4.69, 9.17) is 4.74 Å². The number of carbonyl (C=O) groups excluding carboxylic acids is 1. The molecular weight excluding hydrogens is 198 g/mol. The van der Waals surface area contributed by atoms with Crippen LogP contribution in [0.4, 0.5) is 0 Å². The molecule has 0 spiro atoms. The quantitative estimate of drug-likeness (QED) is 0.687. The number of hydrogen-bond acceptors (Lipinski definition) is 3. The van der Waals surface area contributed by atoms with Gasteiger partial charge in [-0.15, -0.1) is 0 Å². The summed E-state index contributed by atoms with van der Waals surface area (Å²) < 4.78 is 4.98. The van der Waals surface area contributed by atoms with Crippen molar-refractivity contribution in [2.45, 2.75) is 38.5 Å². The summed E-state index contributed by atoms with van der Waals surface area (Å²) in [5.41, 5.74) is 0. The summed E-state index contributed by atoms with van der Waals surface area (Å²) >= 11 is 4.16. The van der Waals surface area contributed by atoms with Gasteiger partial charge in [-0.05, 0) is 20.3 Å². The summed E-state index contributed by atoms with van der Waals surface area (Å²) in [6, 6.07) is 0.257. The van der Waals surface area contributed by atoms with Gasteiger partial charge in [-0.25, -0.2) is 0 Å². The van der Waals surface area contributed by atoms with Crippen LogP contribution < -0.4 is 0 Å². The van der Waals surface area contributed by atoms with E-state index in [9.17, 15) is 4.79 Å². The average molecular weight is 219 g/mol. The highest BCUT2D eigenvalue weighted by Gasteiger charge is 2.21. The molecule has 0 aliphatic rings. The fourth-order valence-corrected chi connectivity index (χ4v) is 1.35. The van der Waals surface area contributed by atoms with Crippen LogP contribution >= 0.6 is 12.6 Å². The Morgan fingerprint density at radius 2 is 2.07 bits per heavy atom. The second-order valence-electron chi connectivity index (χ2n) is 3.46. The molecule has 84 valence electrons. The largest absolute Gasteiger partial charge is 0.383 e. The zero-order chi connectivity index (χ0) is 11.1. The molecule has 3 nitrogen and oxygen atoms in total. The summed E-state index contributed by atoms with van der Waals surface area (Å²) in [4.78, 5) is 13.6. The lowest BCUT2D eigenvalue weighted by molar-refractivity contribution is -0.133. The van der Waals surface area contributed by atoms with E-state index in [0.717, 1.165) is 6.42 Å². The molecule has 0 bridgehead atoms. The Balaban J connectivity index is 4.30. The number of methoxy groups -OCH3 is 1. The van der Waals surface area contributed by atoms with Gasteiger partial charge in [0.05, 0.1) is 11.9 Å². The number of amides is 1. The standard InChI is InChI=1S/C10H21NO2S/c1-5-8(2)11(6-7-13-4)10(12)9(3)14/h8-9,14H,5-7H2,1-4H3. The maximum Gasteiger partial charge on any atom is 0.235 e. The highest BCUT2D eigenvalue weighted by molar-refractivity contribution is 7.81. The minimum atomic E-state index is -0.235. The fourth-order valence-electron chi connectivity index (χ4n) is 1.20. The van der Waals surface area contributed by atoms with Crippen LogP contribution in [0.3, 0.4) is 0 Å². The number of rotatable bonds is 6. The second-order valence-corrected chi connectivity index (χ2v) is 4.23. The van der Waals surface area contributed by atoms with E-state index in [1.165, 1.54) is 0 Å². The number of ether oxygens (including phenoxy) is 1. The summed E-state index contributed by atoms with van der Waals surface area (Å²) in [5, 5.41) is -0.235. The van der Waals surface area contributed by atoms with E-state index < -0.39 is 0 Å². The van der Waals surface area contributed by atoms with Gasteiger partial charge in [-0.2, -0.15) is 12.6 Å². The zero-order valence-electron chi connectivity index (χ0n) is 9.49. The van der Waals surface area contributed by atoms with Gasteiger partial charge in [0.15, 0.2) is 0 Å². The Hall–Kier alpha value is -0.220. The van der Waals surface area contributed by atoms with E-state index >= 15 is 0 Å². The monoisotopic (exact) mass is 219 g/mol. The Morgan fingerprint density at radius 1 is 1.50 bits per heavy atom. The van der Waals surface area contributed by atoms with E-state index in [2.05, 4.69) is 19.6 Å². The van der Waals surface area contributed by atoms with E-state index in [0.29, 0.717) is 13.2 Å². The first-order valence-electron chi connectivity index (χ1n) is 5.02. The van der Waals surface area contributed by atoms with E-state index in [1.807, 2.05) is 11.8 Å². The van der Waals surface area contributed by atoms with Crippen molar-refractivity contribution >= 4 is 18.5 Å². The molecule has 2 atom stereocenters. The number of hydrogen-bond donors (Lipinski definition) is 1. The van der Waals surface area contributed by atoms with Crippen LogP contribution in [-0.4, -0.2) is 42.4 Å². The third-order valence-corrected chi connectivity index (χ3v) is 2.52. The first-order valence-corrected chi connectivity index (χ1v) is 5.53. The highest BCUT2D eigenvalue weighted by Crippen LogP contribution is 2.08. The van der Waals surface area contributed by atoms with Crippen molar-refractivity contribution in [1.29, 1.82) is 0 Å². The van der Waals surface area contributed by atoms with Gasteiger partial charge < -0.3 is 9.64 Å². The third kappa shape index (κ3) is 4.33. The molecular formula is C10H21NO2S. The Bertz CT molecular complexity index is 174. The molecule has 0 aliphatic carbocycles. The Labute approximate surface area is 92.2 Å². The normalized spacial score (nSPS) is 14.9. The van der Waals surface area contributed by atoms with Gasteiger partial charge in [0.1, 0.15) is 0 Å². The molecule has 0 saturated heterocycles.